The molecule has 3 aromatic rings. The number of rotatable bonds is 7. The van der Waals surface area contributed by atoms with Gasteiger partial charge in [-0.15, -0.1) is 0 Å². The van der Waals surface area contributed by atoms with Crippen LogP contribution in [0.2, 0.25) is 0 Å². The predicted octanol–water partition coefficient (Wildman–Crippen LogP) is 3.61. The smallest absolute Gasteiger partial charge is 0.310 e. The summed E-state index contributed by atoms with van der Waals surface area (Å²) in [5, 5.41) is 7.30. The van der Waals surface area contributed by atoms with Crippen LogP contribution in [0.5, 0.6) is 0 Å². The molecular formula is C25H26N2O4. The first-order valence-corrected chi connectivity index (χ1v) is 10.1. The average Bonchev–Trinajstić information content (AvgIpc) is 2.73. The van der Waals surface area contributed by atoms with Crippen LogP contribution < -0.4 is 10.6 Å². The van der Waals surface area contributed by atoms with Gasteiger partial charge < -0.3 is 15.4 Å². The van der Waals surface area contributed by atoms with E-state index in [9.17, 15) is 14.4 Å². The van der Waals surface area contributed by atoms with E-state index in [4.69, 9.17) is 4.74 Å². The summed E-state index contributed by atoms with van der Waals surface area (Å²) in [5.74, 6) is -1.37. The summed E-state index contributed by atoms with van der Waals surface area (Å²) in [5.41, 5.74) is 4.61. The van der Waals surface area contributed by atoms with Gasteiger partial charge in [0.15, 0.2) is 6.61 Å². The standard InChI is InChI=1S/C25H26N2O4/c1-16-11-17(2)25(18(3)12-16)27-22(28)14-26-23(29)15-31-24(30)13-20-9-6-8-19-7-4-5-10-21(19)20/h4-12H,13-15H2,1-3H3,(H,26,29)(H,27,28). The van der Waals surface area contributed by atoms with Crippen LogP contribution in [-0.4, -0.2) is 30.9 Å². The molecule has 0 saturated heterocycles. The monoisotopic (exact) mass is 418 g/mol. The summed E-state index contributed by atoms with van der Waals surface area (Å²) < 4.78 is 5.08. The second-order valence-corrected chi connectivity index (χ2v) is 7.57. The zero-order valence-corrected chi connectivity index (χ0v) is 18.0. The highest BCUT2D eigenvalue weighted by molar-refractivity contribution is 5.96. The molecule has 31 heavy (non-hydrogen) atoms. The lowest BCUT2D eigenvalue weighted by molar-refractivity contribution is -0.147. The minimum absolute atomic E-state index is 0.0705. The molecule has 0 unspecified atom stereocenters. The van der Waals surface area contributed by atoms with Gasteiger partial charge in [-0.25, -0.2) is 0 Å². The maximum Gasteiger partial charge on any atom is 0.310 e. The number of carbonyl (C=O) groups is 3. The van der Waals surface area contributed by atoms with Crippen LogP contribution in [0.25, 0.3) is 10.8 Å². The van der Waals surface area contributed by atoms with Gasteiger partial charge in [0.05, 0.1) is 13.0 Å². The number of amides is 2. The van der Waals surface area contributed by atoms with E-state index in [1.807, 2.05) is 75.4 Å². The number of hydrogen-bond donors (Lipinski definition) is 2. The maximum absolute atomic E-state index is 12.2. The van der Waals surface area contributed by atoms with Gasteiger partial charge >= 0.3 is 5.97 Å². The molecule has 2 N–H and O–H groups in total. The Kier molecular flexibility index (Phi) is 7.03. The Morgan fingerprint density at radius 1 is 0.871 bits per heavy atom. The van der Waals surface area contributed by atoms with Gasteiger partial charge in [0.1, 0.15) is 0 Å². The van der Waals surface area contributed by atoms with Crippen molar-refractivity contribution in [1.82, 2.24) is 5.32 Å². The number of aryl methyl sites for hydroxylation is 3. The quantitative estimate of drug-likeness (QED) is 0.574. The van der Waals surface area contributed by atoms with Crippen molar-refractivity contribution in [3.8, 4) is 0 Å². The van der Waals surface area contributed by atoms with E-state index in [-0.39, 0.29) is 18.9 Å². The molecule has 2 amide bonds. The van der Waals surface area contributed by atoms with Crippen LogP contribution in [0.3, 0.4) is 0 Å². The molecule has 3 rings (SSSR count). The van der Waals surface area contributed by atoms with E-state index in [0.717, 1.165) is 38.7 Å². The van der Waals surface area contributed by atoms with E-state index >= 15 is 0 Å². The number of ether oxygens (including phenoxy) is 1. The number of anilines is 1. The predicted molar refractivity (Wildman–Crippen MR) is 121 cm³/mol. The van der Waals surface area contributed by atoms with Crippen molar-refractivity contribution in [3.63, 3.8) is 0 Å². The lowest BCUT2D eigenvalue weighted by Gasteiger charge is -2.13. The lowest BCUT2D eigenvalue weighted by Crippen LogP contribution is -2.36. The molecule has 0 saturated carbocycles. The van der Waals surface area contributed by atoms with Crippen LogP contribution in [0.1, 0.15) is 22.3 Å². The van der Waals surface area contributed by atoms with Gasteiger partial charge in [-0.05, 0) is 48.2 Å². The Bertz CT molecular complexity index is 1110. The third-order valence-electron chi connectivity index (χ3n) is 4.97. The van der Waals surface area contributed by atoms with Crippen LogP contribution in [0.4, 0.5) is 5.69 Å². The second kappa shape index (κ2) is 9.89. The van der Waals surface area contributed by atoms with E-state index in [1.165, 1.54) is 0 Å². The van der Waals surface area contributed by atoms with Crippen LogP contribution in [0, 0.1) is 20.8 Å². The van der Waals surface area contributed by atoms with Gasteiger partial charge in [-0.2, -0.15) is 0 Å². The highest BCUT2D eigenvalue weighted by Crippen LogP contribution is 2.22. The summed E-state index contributed by atoms with van der Waals surface area (Å²) in [6.45, 7) is 5.20. The Morgan fingerprint density at radius 3 is 2.29 bits per heavy atom. The van der Waals surface area contributed by atoms with Gasteiger partial charge in [-0.1, -0.05) is 60.2 Å². The molecule has 0 atom stereocenters. The number of esters is 1. The van der Waals surface area contributed by atoms with Gasteiger partial charge in [0, 0.05) is 5.69 Å². The van der Waals surface area contributed by atoms with E-state index in [1.54, 1.807) is 0 Å². The van der Waals surface area contributed by atoms with Crippen molar-refractivity contribution >= 4 is 34.2 Å². The number of benzene rings is 3. The second-order valence-electron chi connectivity index (χ2n) is 7.57. The summed E-state index contributed by atoms with van der Waals surface area (Å²) in [6, 6.07) is 17.5. The third-order valence-corrected chi connectivity index (χ3v) is 4.97. The molecule has 0 radical (unpaired) electrons. The maximum atomic E-state index is 12.2. The fourth-order valence-electron chi connectivity index (χ4n) is 3.59. The van der Waals surface area contributed by atoms with Crippen LogP contribution in [-0.2, 0) is 25.5 Å². The van der Waals surface area contributed by atoms with Crippen molar-refractivity contribution in [3.05, 3.63) is 76.9 Å². The topological polar surface area (TPSA) is 84.5 Å². The molecule has 0 aliphatic carbocycles. The minimum Gasteiger partial charge on any atom is -0.455 e. The fourth-order valence-corrected chi connectivity index (χ4v) is 3.59. The Morgan fingerprint density at radius 2 is 1.55 bits per heavy atom. The van der Waals surface area contributed by atoms with E-state index < -0.39 is 18.5 Å². The molecule has 160 valence electrons. The van der Waals surface area contributed by atoms with E-state index in [2.05, 4.69) is 10.6 Å². The largest absolute Gasteiger partial charge is 0.455 e. The summed E-state index contributed by atoms with van der Waals surface area (Å²) in [4.78, 5) is 36.3. The van der Waals surface area contributed by atoms with Crippen LogP contribution >= 0.6 is 0 Å². The number of fused-ring (bicyclic) bond motifs is 1. The summed E-state index contributed by atoms with van der Waals surface area (Å²) in [6.07, 6.45) is 0.0705. The number of carbonyl (C=O) groups excluding carboxylic acids is 3. The van der Waals surface area contributed by atoms with Crippen molar-refractivity contribution in [1.29, 1.82) is 0 Å². The number of hydrogen-bond acceptors (Lipinski definition) is 4. The highest BCUT2D eigenvalue weighted by Gasteiger charge is 2.13. The van der Waals surface area contributed by atoms with Crippen molar-refractivity contribution in [2.45, 2.75) is 27.2 Å². The van der Waals surface area contributed by atoms with Crippen molar-refractivity contribution in [2.24, 2.45) is 0 Å². The summed E-state index contributed by atoms with van der Waals surface area (Å²) >= 11 is 0. The normalized spacial score (nSPS) is 10.5. The average molecular weight is 418 g/mol. The SMILES string of the molecule is Cc1cc(C)c(NC(=O)CNC(=O)COC(=O)Cc2cccc3ccccc23)c(C)c1. The Hall–Kier alpha value is -3.67. The molecule has 0 bridgehead atoms. The third kappa shape index (κ3) is 5.92. The van der Waals surface area contributed by atoms with Gasteiger partial charge in [0.25, 0.3) is 5.91 Å². The Balaban J connectivity index is 1.46. The molecule has 0 spiro atoms. The molecule has 0 aliphatic heterocycles. The molecule has 0 heterocycles. The first-order chi connectivity index (χ1) is 14.8. The molecule has 0 aliphatic rings. The molecule has 3 aromatic carbocycles. The fraction of sp³-hybridized carbons (Fsp3) is 0.240. The first-order valence-electron chi connectivity index (χ1n) is 10.1. The zero-order chi connectivity index (χ0) is 22.4. The van der Waals surface area contributed by atoms with Crippen molar-refractivity contribution in [2.75, 3.05) is 18.5 Å². The highest BCUT2D eigenvalue weighted by atomic mass is 16.5. The van der Waals surface area contributed by atoms with Crippen LogP contribution in [0.15, 0.2) is 54.6 Å². The molecule has 0 fully saturated rings. The Labute approximate surface area is 181 Å². The minimum atomic E-state index is -0.529. The molecular weight excluding hydrogens is 392 g/mol. The lowest BCUT2D eigenvalue weighted by atomic mass is 10.0. The van der Waals surface area contributed by atoms with Crippen molar-refractivity contribution < 1.29 is 19.1 Å². The molecule has 6 heteroatoms. The van der Waals surface area contributed by atoms with Gasteiger partial charge in [-0.3, -0.25) is 14.4 Å². The molecule has 0 aromatic heterocycles. The number of nitrogens with one attached hydrogen (secondary N) is 2. The van der Waals surface area contributed by atoms with E-state index in [0.29, 0.717) is 0 Å². The first kappa shape index (κ1) is 22.0. The molecule has 6 nitrogen and oxygen atoms in total. The zero-order valence-electron chi connectivity index (χ0n) is 18.0. The summed E-state index contributed by atoms with van der Waals surface area (Å²) in [7, 11) is 0. The van der Waals surface area contributed by atoms with Gasteiger partial charge in [0.2, 0.25) is 5.91 Å².